The van der Waals surface area contributed by atoms with Crippen molar-refractivity contribution in [3.05, 3.63) is 29.3 Å². The van der Waals surface area contributed by atoms with Crippen LogP contribution < -0.4 is 4.74 Å². The Morgan fingerprint density at radius 3 is 2.53 bits per heavy atom. The summed E-state index contributed by atoms with van der Waals surface area (Å²) < 4.78 is 5.49. The van der Waals surface area contributed by atoms with Crippen LogP contribution in [0.25, 0.3) is 0 Å². The van der Waals surface area contributed by atoms with Gasteiger partial charge >= 0.3 is 0 Å². The van der Waals surface area contributed by atoms with Crippen molar-refractivity contribution in [1.82, 2.24) is 9.80 Å². The Hall–Kier alpha value is -1.55. The quantitative estimate of drug-likeness (QED) is 0.830. The number of benzene rings is 1. The zero-order valence-electron chi connectivity index (χ0n) is 12.0. The molecular weight excluding hydrogens is 240 g/mol. The lowest BCUT2D eigenvalue weighted by Crippen LogP contribution is -2.47. The van der Waals surface area contributed by atoms with E-state index in [1.54, 1.807) is 14.0 Å². The largest absolute Gasteiger partial charge is 0.496 e. The summed E-state index contributed by atoms with van der Waals surface area (Å²) in [6.45, 7) is 8.09. The molecule has 104 valence electrons. The van der Waals surface area contributed by atoms with Crippen LogP contribution in [0.5, 0.6) is 5.75 Å². The van der Waals surface area contributed by atoms with Crippen LogP contribution >= 0.6 is 0 Å². The van der Waals surface area contributed by atoms with Crippen LogP contribution in [-0.4, -0.2) is 49.0 Å². The summed E-state index contributed by atoms with van der Waals surface area (Å²) in [5.41, 5.74) is 2.39. The molecule has 0 bridgehead atoms. The number of rotatable bonds is 3. The lowest BCUT2D eigenvalue weighted by atomic mass is 10.1. The predicted octanol–water partition coefficient (Wildman–Crippen LogP) is 1.67. The monoisotopic (exact) mass is 262 g/mol. The summed E-state index contributed by atoms with van der Waals surface area (Å²) in [6.07, 6.45) is 0. The van der Waals surface area contributed by atoms with Crippen molar-refractivity contribution in [2.45, 2.75) is 20.4 Å². The van der Waals surface area contributed by atoms with Gasteiger partial charge in [-0.05, 0) is 12.5 Å². The number of methoxy groups -OCH3 is 1. The van der Waals surface area contributed by atoms with Gasteiger partial charge in [0, 0.05) is 45.2 Å². The molecule has 1 saturated heterocycles. The zero-order chi connectivity index (χ0) is 13.8. The van der Waals surface area contributed by atoms with Crippen LogP contribution in [0.2, 0.25) is 0 Å². The average Bonchev–Trinajstić information content (AvgIpc) is 2.39. The zero-order valence-corrected chi connectivity index (χ0v) is 12.0. The highest BCUT2D eigenvalue weighted by Crippen LogP contribution is 2.24. The van der Waals surface area contributed by atoms with Crippen LogP contribution in [-0.2, 0) is 11.3 Å². The first kappa shape index (κ1) is 13.9. The van der Waals surface area contributed by atoms with Gasteiger partial charge in [0.15, 0.2) is 0 Å². The van der Waals surface area contributed by atoms with Gasteiger partial charge < -0.3 is 9.64 Å². The van der Waals surface area contributed by atoms with E-state index in [0.29, 0.717) is 0 Å². The lowest BCUT2D eigenvalue weighted by molar-refractivity contribution is -0.130. The van der Waals surface area contributed by atoms with Crippen LogP contribution in [0.4, 0.5) is 0 Å². The maximum atomic E-state index is 11.3. The molecule has 19 heavy (non-hydrogen) atoms. The van der Waals surface area contributed by atoms with E-state index < -0.39 is 0 Å². The Kier molecular flexibility index (Phi) is 4.43. The highest BCUT2D eigenvalue weighted by atomic mass is 16.5. The second kappa shape index (κ2) is 6.06. The standard InChI is InChI=1S/C15H22N2O2/c1-12-5-4-6-14(15(12)19-3)11-16-7-9-17(10-8-16)13(2)18/h4-6H,7-11H2,1-3H3. The molecule has 0 aliphatic carbocycles. The Morgan fingerprint density at radius 1 is 1.26 bits per heavy atom. The molecule has 0 aromatic heterocycles. The molecule has 0 saturated carbocycles. The van der Waals surface area contributed by atoms with Crippen molar-refractivity contribution in [3.63, 3.8) is 0 Å². The van der Waals surface area contributed by atoms with Crippen LogP contribution in [0.15, 0.2) is 18.2 Å². The van der Waals surface area contributed by atoms with Gasteiger partial charge in [-0.1, -0.05) is 18.2 Å². The van der Waals surface area contributed by atoms with Gasteiger partial charge in [0.2, 0.25) is 5.91 Å². The minimum Gasteiger partial charge on any atom is -0.496 e. The van der Waals surface area contributed by atoms with E-state index >= 15 is 0 Å². The summed E-state index contributed by atoms with van der Waals surface area (Å²) in [5.74, 6) is 1.16. The van der Waals surface area contributed by atoms with Crippen molar-refractivity contribution >= 4 is 5.91 Å². The first-order valence-electron chi connectivity index (χ1n) is 6.72. The molecule has 0 radical (unpaired) electrons. The van der Waals surface area contributed by atoms with Gasteiger partial charge in [-0.3, -0.25) is 9.69 Å². The third-order valence-corrected chi connectivity index (χ3v) is 3.71. The molecule has 4 heteroatoms. The van der Waals surface area contributed by atoms with Crippen LogP contribution in [0.1, 0.15) is 18.1 Å². The van der Waals surface area contributed by atoms with E-state index in [1.807, 2.05) is 4.90 Å². The smallest absolute Gasteiger partial charge is 0.219 e. The Labute approximate surface area is 115 Å². The first-order chi connectivity index (χ1) is 9.11. The average molecular weight is 262 g/mol. The molecule has 4 nitrogen and oxygen atoms in total. The SMILES string of the molecule is COc1c(C)cccc1CN1CCN(C(C)=O)CC1. The molecule has 1 aliphatic rings. The Balaban J connectivity index is 1.99. The molecule has 0 atom stereocenters. The Morgan fingerprint density at radius 2 is 1.95 bits per heavy atom. The molecule has 1 aromatic rings. The van der Waals surface area contributed by atoms with Crippen LogP contribution in [0.3, 0.4) is 0 Å². The number of carbonyl (C=O) groups is 1. The van der Waals surface area contributed by atoms with Crippen molar-refractivity contribution in [1.29, 1.82) is 0 Å². The summed E-state index contributed by atoms with van der Waals surface area (Å²) in [7, 11) is 1.72. The summed E-state index contributed by atoms with van der Waals surface area (Å²) in [4.78, 5) is 15.6. The minimum absolute atomic E-state index is 0.174. The number of amides is 1. The van der Waals surface area contributed by atoms with Crippen molar-refractivity contribution < 1.29 is 9.53 Å². The van der Waals surface area contributed by atoms with E-state index in [4.69, 9.17) is 4.74 Å². The number of hydrogen-bond donors (Lipinski definition) is 0. The topological polar surface area (TPSA) is 32.8 Å². The molecule has 1 amide bonds. The first-order valence-corrected chi connectivity index (χ1v) is 6.72. The molecule has 1 fully saturated rings. The number of ether oxygens (including phenoxy) is 1. The van der Waals surface area contributed by atoms with E-state index in [0.717, 1.165) is 38.5 Å². The summed E-state index contributed by atoms with van der Waals surface area (Å²) >= 11 is 0. The predicted molar refractivity (Wildman–Crippen MR) is 75.3 cm³/mol. The number of hydrogen-bond acceptors (Lipinski definition) is 3. The number of piperazine rings is 1. The van der Waals surface area contributed by atoms with Gasteiger partial charge in [-0.2, -0.15) is 0 Å². The fourth-order valence-corrected chi connectivity index (χ4v) is 2.59. The fourth-order valence-electron chi connectivity index (χ4n) is 2.59. The van der Waals surface area contributed by atoms with Gasteiger partial charge in [-0.15, -0.1) is 0 Å². The molecule has 0 spiro atoms. The maximum Gasteiger partial charge on any atom is 0.219 e. The third kappa shape index (κ3) is 3.26. The number of para-hydroxylation sites is 1. The van der Waals surface area contributed by atoms with E-state index in [1.165, 1.54) is 11.1 Å². The van der Waals surface area contributed by atoms with E-state index in [2.05, 4.69) is 30.0 Å². The van der Waals surface area contributed by atoms with Crippen molar-refractivity contribution in [3.8, 4) is 5.75 Å². The minimum atomic E-state index is 0.174. The highest BCUT2D eigenvalue weighted by Gasteiger charge is 2.19. The number of carbonyl (C=O) groups excluding carboxylic acids is 1. The lowest BCUT2D eigenvalue weighted by Gasteiger charge is -2.34. The maximum absolute atomic E-state index is 11.3. The van der Waals surface area contributed by atoms with Crippen molar-refractivity contribution in [2.75, 3.05) is 33.3 Å². The molecule has 2 rings (SSSR count). The molecule has 1 aromatic carbocycles. The second-order valence-corrected chi connectivity index (χ2v) is 5.05. The molecule has 1 aliphatic heterocycles. The van der Waals surface area contributed by atoms with Gasteiger partial charge in [0.1, 0.15) is 5.75 Å². The molecule has 1 heterocycles. The third-order valence-electron chi connectivity index (χ3n) is 3.71. The molecular formula is C15H22N2O2. The highest BCUT2D eigenvalue weighted by molar-refractivity contribution is 5.73. The summed E-state index contributed by atoms with van der Waals surface area (Å²) in [6, 6.07) is 6.25. The van der Waals surface area contributed by atoms with E-state index in [-0.39, 0.29) is 5.91 Å². The van der Waals surface area contributed by atoms with Crippen LogP contribution in [0, 0.1) is 6.92 Å². The number of nitrogens with zero attached hydrogens (tertiary/aromatic N) is 2. The van der Waals surface area contributed by atoms with Crippen molar-refractivity contribution in [2.24, 2.45) is 0 Å². The molecule has 0 N–H and O–H groups in total. The fraction of sp³-hybridized carbons (Fsp3) is 0.533. The second-order valence-electron chi connectivity index (χ2n) is 5.05. The van der Waals surface area contributed by atoms with Gasteiger partial charge in [0.05, 0.1) is 7.11 Å². The number of aryl methyl sites for hydroxylation is 1. The van der Waals surface area contributed by atoms with Gasteiger partial charge in [-0.25, -0.2) is 0 Å². The van der Waals surface area contributed by atoms with Gasteiger partial charge in [0.25, 0.3) is 0 Å². The van der Waals surface area contributed by atoms with E-state index in [9.17, 15) is 4.79 Å². The normalized spacial score (nSPS) is 16.5. The Bertz CT molecular complexity index is 451. The molecule has 0 unspecified atom stereocenters. The summed E-state index contributed by atoms with van der Waals surface area (Å²) in [5, 5.41) is 0.